The standard InChI is InChI=1S/C17H24N2O2S/c1-17(2)14(16(20)21)18-15(22-17)12-6-8-13(9-7-12)19-10-4-3-5-11-19/h6-9,14-15,18H,3-5,10-11H2,1-2H3,(H,20,21)/t14-,15?/m0/s1. The molecule has 2 N–H and O–H groups in total. The fraction of sp³-hybridized carbons (Fsp3) is 0.588. The number of anilines is 1. The summed E-state index contributed by atoms with van der Waals surface area (Å²) >= 11 is 1.69. The predicted molar refractivity (Wildman–Crippen MR) is 91.5 cm³/mol. The minimum atomic E-state index is -0.773. The Morgan fingerprint density at radius 3 is 2.41 bits per heavy atom. The number of thioether (sulfide) groups is 1. The molecule has 0 amide bonds. The lowest BCUT2D eigenvalue weighted by Crippen LogP contribution is -2.43. The van der Waals surface area contributed by atoms with Crippen molar-refractivity contribution in [2.75, 3.05) is 18.0 Å². The number of nitrogens with zero attached hydrogens (tertiary/aromatic N) is 1. The average molecular weight is 320 g/mol. The van der Waals surface area contributed by atoms with Crippen LogP contribution in [0, 0.1) is 0 Å². The van der Waals surface area contributed by atoms with E-state index in [1.165, 1.54) is 24.9 Å². The van der Waals surface area contributed by atoms with Crippen LogP contribution in [0.1, 0.15) is 44.0 Å². The van der Waals surface area contributed by atoms with Gasteiger partial charge in [-0.25, -0.2) is 0 Å². The summed E-state index contributed by atoms with van der Waals surface area (Å²) in [4.78, 5) is 13.8. The second kappa shape index (κ2) is 6.13. The van der Waals surface area contributed by atoms with Crippen LogP contribution >= 0.6 is 11.8 Å². The van der Waals surface area contributed by atoms with E-state index in [1.54, 1.807) is 11.8 Å². The van der Waals surface area contributed by atoms with Crippen LogP contribution in [-0.4, -0.2) is 35.0 Å². The zero-order valence-corrected chi connectivity index (χ0v) is 14.0. The molecule has 2 aliphatic heterocycles. The van der Waals surface area contributed by atoms with Crippen LogP contribution in [0.15, 0.2) is 24.3 Å². The van der Waals surface area contributed by atoms with Gasteiger partial charge in [0.05, 0.1) is 5.37 Å². The Balaban J connectivity index is 1.72. The van der Waals surface area contributed by atoms with Gasteiger partial charge < -0.3 is 10.0 Å². The lowest BCUT2D eigenvalue weighted by atomic mass is 10.0. The van der Waals surface area contributed by atoms with Gasteiger partial charge >= 0.3 is 5.97 Å². The summed E-state index contributed by atoms with van der Waals surface area (Å²) in [5, 5.41) is 12.6. The van der Waals surface area contributed by atoms with Crippen molar-refractivity contribution in [2.24, 2.45) is 0 Å². The molecule has 0 bridgehead atoms. The van der Waals surface area contributed by atoms with Gasteiger partial charge in [-0.3, -0.25) is 10.1 Å². The van der Waals surface area contributed by atoms with Gasteiger partial charge in [0.1, 0.15) is 6.04 Å². The Morgan fingerprint density at radius 2 is 1.86 bits per heavy atom. The van der Waals surface area contributed by atoms with E-state index in [-0.39, 0.29) is 10.1 Å². The van der Waals surface area contributed by atoms with Crippen molar-refractivity contribution in [1.29, 1.82) is 0 Å². The number of hydrogen-bond donors (Lipinski definition) is 2. The third-order valence-corrected chi connectivity index (χ3v) is 6.09. The molecule has 2 fully saturated rings. The van der Waals surface area contributed by atoms with Crippen LogP contribution in [0.25, 0.3) is 0 Å². The monoisotopic (exact) mass is 320 g/mol. The quantitative estimate of drug-likeness (QED) is 0.895. The van der Waals surface area contributed by atoms with Gasteiger partial charge in [-0.2, -0.15) is 0 Å². The molecular weight excluding hydrogens is 296 g/mol. The summed E-state index contributed by atoms with van der Waals surface area (Å²) in [6, 6.07) is 8.10. The van der Waals surface area contributed by atoms with Gasteiger partial charge in [0.15, 0.2) is 0 Å². The van der Waals surface area contributed by atoms with Gasteiger partial charge in [0.2, 0.25) is 0 Å². The predicted octanol–water partition coefficient (Wildman–Crippen LogP) is 3.24. The van der Waals surface area contributed by atoms with Crippen LogP contribution < -0.4 is 10.2 Å². The lowest BCUT2D eigenvalue weighted by molar-refractivity contribution is -0.139. The van der Waals surface area contributed by atoms with E-state index < -0.39 is 12.0 Å². The molecule has 0 radical (unpaired) electrons. The molecule has 1 unspecified atom stereocenters. The summed E-state index contributed by atoms with van der Waals surface area (Å²) in [6.07, 6.45) is 3.88. The van der Waals surface area contributed by atoms with E-state index in [0.29, 0.717) is 0 Å². The minimum Gasteiger partial charge on any atom is -0.480 e. The van der Waals surface area contributed by atoms with Crippen molar-refractivity contribution < 1.29 is 9.90 Å². The molecule has 4 nitrogen and oxygen atoms in total. The maximum absolute atomic E-state index is 11.4. The number of hydrogen-bond acceptors (Lipinski definition) is 4. The van der Waals surface area contributed by atoms with Crippen LogP contribution in [-0.2, 0) is 4.79 Å². The van der Waals surface area contributed by atoms with E-state index in [2.05, 4.69) is 34.5 Å². The molecule has 5 heteroatoms. The van der Waals surface area contributed by atoms with Crippen molar-refractivity contribution in [3.05, 3.63) is 29.8 Å². The van der Waals surface area contributed by atoms with Gasteiger partial charge in [-0.05, 0) is 50.8 Å². The van der Waals surface area contributed by atoms with Crippen molar-refractivity contribution in [2.45, 2.75) is 49.3 Å². The van der Waals surface area contributed by atoms with E-state index in [9.17, 15) is 9.90 Å². The molecule has 2 atom stereocenters. The summed E-state index contributed by atoms with van der Waals surface area (Å²) in [7, 11) is 0. The third kappa shape index (κ3) is 3.10. The third-order valence-electron chi connectivity index (χ3n) is 4.60. The normalized spacial score (nSPS) is 27.8. The Hall–Kier alpha value is -1.20. The maximum atomic E-state index is 11.4. The number of nitrogens with one attached hydrogen (secondary N) is 1. The van der Waals surface area contributed by atoms with E-state index >= 15 is 0 Å². The number of carboxylic acid groups (broad SMARTS) is 1. The van der Waals surface area contributed by atoms with Crippen LogP contribution in [0.3, 0.4) is 0 Å². The Labute approximate surface area is 136 Å². The SMILES string of the molecule is CC1(C)SC(c2ccc(N3CCCCC3)cc2)N[C@H]1C(=O)O. The topological polar surface area (TPSA) is 52.6 Å². The van der Waals surface area contributed by atoms with Crippen LogP contribution in [0.2, 0.25) is 0 Å². The highest BCUT2D eigenvalue weighted by atomic mass is 32.2. The summed E-state index contributed by atoms with van der Waals surface area (Å²) < 4.78 is -0.304. The van der Waals surface area contributed by atoms with Crippen LogP contribution in [0.5, 0.6) is 0 Å². The van der Waals surface area contributed by atoms with Crippen molar-refractivity contribution in [1.82, 2.24) is 5.32 Å². The van der Waals surface area contributed by atoms with Crippen molar-refractivity contribution >= 4 is 23.4 Å². The smallest absolute Gasteiger partial charge is 0.322 e. The van der Waals surface area contributed by atoms with Gasteiger partial charge in [-0.1, -0.05) is 12.1 Å². The first-order chi connectivity index (χ1) is 10.5. The zero-order chi connectivity index (χ0) is 15.7. The van der Waals surface area contributed by atoms with Crippen molar-refractivity contribution in [3.8, 4) is 0 Å². The summed E-state index contributed by atoms with van der Waals surface area (Å²) in [6.45, 7) is 6.27. The number of piperidine rings is 1. The molecule has 22 heavy (non-hydrogen) atoms. The number of aliphatic carboxylic acids is 1. The number of benzene rings is 1. The molecule has 0 spiro atoms. The molecule has 0 aliphatic carbocycles. The first kappa shape index (κ1) is 15.7. The Bertz CT molecular complexity index is 538. The molecule has 120 valence electrons. The number of rotatable bonds is 3. The van der Waals surface area contributed by atoms with Crippen molar-refractivity contribution in [3.63, 3.8) is 0 Å². The molecule has 2 aliphatic rings. The molecule has 0 saturated carbocycles. The molecular formula is C17H24N2O2S. The Morgan fingerprint density at radius 1 is 1.23 bits per heavy atom. The Kier molecular flexibility index (Phi) is 4.37. The van der Waals surface area contributed by atoms with E-state index in [4.69, 9.17) is 0 Å². The highest BCUT2D eigenvalue weighted by Gasteiger charge is 2.45. The molecule has 2 saturated heterocycles. The highest BCUT2D eigenvalue weighted by Crippen LogP contribution is 2.45. The number of carboxylic acids is 1. The fourth-order valence-corrected chi connectivity index (χ4v) is 4.71. The maximum Gasteiger partial charge on any atom is 0.322 e. The first-order valence-corrected chi connectivity index (χ1v) is 8.87. The minimum absolute atomic E-state index is 0.0477. The van der Waals surface area contributed by atoms with E-state index in [1.807, 2.05) is 13.8 Å². The molecule has 3 rings (SSSR count). The summed E-state index contributed by atoms with van der Waals surface area (Å²) in [5.41, 5.74) is 2.43. The van der Waals surface area contributed by atoms with Gasteiger partial charge in [0, 0.05) is 23.5 Å². The molecule has 1 aromatic rings. The van der Waals surface area contributed by atoms with Gasteiger partial charge in [-0.15, -0.1) is 11.8 Å². The second-order valence-corrected chi connectivity index (χ2v) is 8.44. The van der Waals surface area contributed by atoms with Crippen LogP contribution in [0.4, 0.5) is 5.69 Å². The highest BCUT2D eigenvalue weighted by molar-refractivity contribution is 8.01. The average Bonchev–Trinajstić information content (AvgIpc) is 2.84. The zero-order valence-electron chi connectivity index (χ0n) is 13.2. The second-order valence-electron chi connectivity index (χ2n) is 6.68. The first-order valence-electron chi connectivity index (χ1n) is 7.99. The van der Waals surface area contributed by atoms with E-state index in [0.717, 1.165) is 18.7 Å². The molecule has 0 aromatic heterocycles. The number of carbonyl (C=O) groups is 1. The molecule has 2 heterocycles. The molecule has 1 aromatic carbocycles. The lowest BCUT2D eigenvalue weighted by Gasteiger charge is -2.29. The fourth-order valence-electron chi connectivity index (χ4n) is 3.30. The van der Waals surface area contributed by atoms with Gasteiger partial charge in [0.25, 0.3) is 0 Å². The summed E-state index contributed by atoms with van der Waals surface area (Å²) in [5.74, 6) is -0.773. The largest absolute Gasteiger partial charge is 0.480 e.